The van der Waals surface area contributed by atoms with Gasteiger partial charge in [0, 0.05) is 18.9 Å². The molecule has 0 aliphatic carbocycles. The van der Waals surface area contributed by atoms with Crippen LogP contribution in [0.1, 0.15) is 39.7 Å². The minimum Gasteiger partial charge on any atom is -0.496 e. The van der Waals surface area contributed by atoms with Crippen molar-refractivity contribution in [3.05, 3.63) is 34.0 Å². The summed E-state index contributed by atoms with van der Waals surface area (Å²) < 4.78 is 36.7. The highest BCUT2D eigenvalue weighted by Crippen LogP contribution is 2.35. The standard InChI is InChI=1S/C18H24N2O5S/c1-8-25-18-14(12(4)19-20(18)5)15(21)13-9-10(2)17(26(7,22)23)11(3)16(13)24-6/h9H,8H2,1-7H3. The number of benzene rings is 1. The first-order valence-electron chi connectivity index (χ1n) is 8.13. The van der Waals surface area contributed by atoms with E-state index in [4.69, 9.17) is 9.47 Å². The maximum Gasteiger partial charge on any atom is 0.223 e. The maximum atomic E-state index is 13.3. The first-order chi connectivity index (χ1) is 12.0. The van der Waals surface area contributed by atoms with Crippen LogP contribution < -0.4 is 9.47 Å². The molecule has 2 rings (SSSR count). The third-order valence-electron chi connectivity index (χ3n) is 4.14. The average molecular weight is 380 g/mol. The molecule has 0 bridgehead atoms. The molecule has 0 saturated carbocycles. The topological polar surface area (TPSA) is 87.5 Å². The molecule has 0 aliphatic rings. The highest BCUT2D eigenvalue weighted by atomic mass is 32.2. The van der Waals surface area contributed by atoms with Crippen LogP contribution in [-0.4, -0.2) is 44.0 Å². The summed E-state index contributed by atoms with van der Waals surface area (Å²) in [5.41, 5.74) is 2.07. The van der Waals surface area contributed by atoms with Crippen molar-refractivity contribution in [3.63, 3.8) is 0 Å². The fourth-order valence-corrected chi connectivity index (χ4v) is 4.58. The summed E-state index contributed by atoms with van der Waals surface area (Å²) in [5.74, 6) is 0.299. The van der Waals surface area contributed by atoms with Gasteiger partial charge in [0.05, 0.1) is 29.9 Å². The molecule has 8 heteroatoms. The van der Waals surface area contributed by atoms with Gasteiger partial charge in [-0.15, -0.1) is 0 Å². The Hall–Kier alpha value is -2.35. The summed E-state index contributed by atoms with van der Waals surface area (Å²) in [6.07, 6.45) is 1.14. The molecule has 2 aromatic rings. The number of methoxy groups -OCH3 is 1. The van der Waals surface area contributed by atoms with Crippen molar-refractivity contribution in [1.82, 2.24) is 9.78 Å². The molecule has 0 fully saturated rings. The van der Waals surface area contributed by atoms with E-state index in [-0.39, 0.29) is 22.0 Å². The highest BCUT2D eigenvalue weighted by molar-refractivity contribution is 7.90. The molecule has 0 saturated heterocycles. The van der Waals surface area contributed by atoms with Gasteiger partial charge in [0.15, 0.2) is 9.84 Å². The van der Waals surface area contributed by atoms with Gasteiger partial charge in [0.1, 0.15) is 11.3 Å². The lowest BCUT2D eigenvalue weighted by Gasteiger charge is -2.16. The molecular formula is C18H24N2O5S. The van der Waals surface area contributed by atoms with Crippen molar-refractivity contribution in [1.29, 1.82) is 0 Å². The Morgan fingerprint density at radius 2 is 1.88 bits per heavy atom. The Morgan fingerprint density at radius 1 is 1.27 bits per heavy atom. The molecule has 0 N–H and O–H groups in total. The fourth-order valence-electron chi connectivity index (χ4n) is 3.29. The summed E-state index contributed by atoms with van der Waals surface area (Å²) in [4.78, 5) is 13.4. The molecular weight excluding hydrogens is 356 g/mol. The minimum absolute atomic E-state index is 0.179. The number of aryl methyl sites for hydroxylation is 3. The van der Waals surface area contributed by atoms with Crippen LogP contribution in [0.2, 0.25) is 0 Å². The Morgan fingerprint density at radius 3 is 2.38 bits per heavy atom. The second kappa shape index (κ2) is 7.11. The fraction of sp³-hybridized carbons (Fsp3) is 0.444. The quantitative estimate of drug-likeness (QED) is 0.715. The predicted octanol–water partition coefficient (Wildman–Crippen LogP) is 2.39. The molecule has 0 radical (unpaired) electrons. The minimum atomic E-state index is -3.46. The van der Waals surface area contributed by atoms with Gasteiger partial charge in [-0.1, -0.05) is 0 Å². The molecule has 1 aromatic carbocycles. The Balaban J connectivity index is 2.76. The van der Waals surface area contributed by atoms with Gasteiger partial charge in [0.25, 0.3) is 0 Å². The number of ether oxygens (including phenoxy) is 2. The van der Waals surface area contributed by atoms with E-state index in [1.165, 1.54) is 11.8 Å². The maximum absolute atomic E-state index is 13.3. The summed E-state index contributed by atoms with van der Waals surface area (Å²) in [6.45, 7) is 7.25. The summed E-state index contributed by atoms with van der Waals surface area (Å²) in [6, 6.07) is 1.55. The number of ketones is 1. The molecule has 142 valence electrons. The number of rotatable bonds is 6. The SMILES string of the molecule is CCOc1c(C(=O)c2cc(C)c(S(C)(=O)=O)c(C)c2OC)c(C)nn1C. The van der Waals surface area contributed by atoms with Gasteiger partial charge < -0.3 is 9.47 Å². The van der Waals surface area contributed by atoms with Crippen molar-refractivity contribution in [2.45, 2.75) is 32.6 Å². The summed E-state index contributed by atoms with van der Waals surface area (Å²) >= 11 is 0. The van der Waals surface area contributed by atoms with Crippen molar-refractivity contribution in [2.75, 3.05) is 20.0 Å². The van der Waals surface area contributed by atoms with Crippen molar-refractivity contribution in [3.8, 4) is 11.6 Å². The molecule has 0 amide bonds. The first kappa shape index (κ1) is 20.0. The predicted molar refractivity (Wildman–Crippen MR) is 98.1 cm³/mol. The van der Waals surface area contributed by atoms with Gasteiger partial charge >= 0.3 is 0 Å². The van der Waals surface area contributed by atoms with Gasteiger partial charge in [-0.25, -0.2) is 13.1 Å². The Bertz CT molecular complexity index is 974. The number of hydrogen-bond acceptors (Lipinski definition) is 6. The third kappa shape index (κ3) is 3.33. The van der Waals surface area contributed by atoms with Crippen LogP contribution in [-0.2, 0) is 16.9 Å². The number of aromatic nitrogens is 2. The zero-order valence-corrected chi connectivity index (χ0v) is 16.9. The molecule has 0 unspecified atom stereocenters. The molecule has 0 aliphatic heterocycles. The first-order valence-corrected chi connectivity index (χ1v) is 10.0. The zero-order valence-electron chi connectivity index (χ0n) is 16.1. The number of carbonyl (C=O) groups is 1. The smallest absolute Gasteiger partial charge is 0.223 e. The number of sulfone groups is 1. The number of carbonyl (C=O) groups excluding carboxylic acids is 1. The van der Waals surface area contributed by atoms with Crippen molar-refractivity contribution in [2.24, 2.45) is 7.05 Å². The van der Waals surface area contributed by atoms with E-state index in [0.29, 0.717) is 34.9 Å². The van der Waals surface area contributed by atoms with Crippen LogP contribution in [0, 0.1) is 20.8 Å². The molecule has 0 atom stereocenters. The van der Waals surface area contributed by atoms with Crippen LogP contribution in [0.15, 0.2) is 11.0 Å². The van der Waals surface area contributed by atoms with Crippen LogP contribution in [0.5, 0.6) is 11.6 Å². The number of hydrogen-bond donors (Lipinski definition) is 0. The second-order valence-electron chi connectivity index (χ2n) is 6.15. The largest absolute Gasteiger partial charge is 0.496 e. The van der Waals surface area contributed by atoms with Gasteiger partial charge in [-0.2, -0.15) is 5.10 Å². The van der Waals surface area contributed by atoms with Crippen molar-refractivity contribution < 1.29 is 22.7 Å². The Kier molecular flexibility index (Phi) is 5.46. The van der Waals surface area contributed by atoms with Crippen LogP contribution >= 0.6 is 0 Å². The van der Waals surface area contributed by atoms with E-state index in [2.05, 4.69) is 5.10 Å². The van der Waals surface area contributed by atoms with E-state index in [0.717, 1.165) is 6.26 Å². The lowest BCUT2D eigenvalue weighted by atomic mass is 9.98. The van der Waals surface area contributed by atoms with Gasteiger partial charge in [-0.05, 0) is 39.3 Å². The average Bonchev–Trinajstić information content (AvgIpc) is 2.79. The Labute approximate surface area is 153 Å². The van der Waals surface area contributed by atoms with Crippen LogP contribution in [0.25, 0.3) is 0 Å². The van der Waals surface area contributed by atoms with E-state index in [1.807, 2.05) is 6.92 Å². The molecule has 1 aromatic heterocycles. The second-order valence-corrected chi connectivity index (χ2v) is 8.10. The van der Waals surface area contributed by atoms with Crippen LogP contribution in [0.4, 0.5) is 0 Å². The van der Waals surface area contributed by atoms with Gasteiger partial charge in [0.2, 0.25) is 11.7 Å². The third-order valence-corrected chi connectivity index (χ3v) is 5.51. The molecule has 7 nitrogen and oxygen atoms in total. The van der Waals surface area contributed by atoms with E-state index in [1.54, 1.807) is 33.9 Å². The van der Waals surface area contributed by atoms with Crippen LogP contribution in [0.3, 0.4) is 0 Å². The molecule has 26 heavy (non-hydrogen) atoms. The van der Waals surface area contributed by atoms with E-state index >= 15 is 0 Å². The normalized spacial score (nSPS) is 11.5. The summed E-state index contributed by atoms with van der Waals surface area (Å²) in [7, 11) is -0.337. The summed E-state index contributed by atoms with van der Waals surface area (Å²) in [5, 5.41) is 4.27. The van der Waals surface area contributed by atoms with Gasteiger partial charge in [-0.3, -0.25) is 4.79 Å². The molecule has 0 spiro atoms. The van der Waals surface area contributed by atoms with Crippen molar-refractivity contribution >= 4 is 15.6 Å². The lowest BCUT2D eigenvalue weighted by molar-refractivity contribution is 0.103. The number of nitrogens with zero attached hydrogens (tertiary/aromatic N) is 2. The monoisotopic (exact) mass is 380 g/mol. The lowest BCUT2D eigenvalue weighted by Crippen LogP contribution is -2.12. The highest BCUT2D eigenvalue weighted by Gasteiger charge is 2.29. The zero-order chi connectivity index (χ0) is 19.8. The van der Waals surface area contributed by atoms with E-state index in [9.17, 15) is 13.2 Å². The molecule has 1 heterocycles. The van der Waals surface area contributed by atoms with E-state index < -0.39 is 9.84 Å².